The largest absolute Gasteiger partial charge is 0.501 e. The molecule has 0 aromatic heterocycles. The van der Waals surface area contributed by atoms with Crippen molar-refractivity contribution in [3.8, 4) is 0 Å². The van der Waals surface area contributed by atoms with E-state index in [1.54, 1.807) is 7.11 Å². The third kappa shape index (κ3) is 1.74. The fraction of sp³-hybridized carbons (Fsp3) is 0.429. The molecule has 0 saturated heterocycles. The molecule has 2 nitrogen and oxygen atoms in total. The van der Waals surface area contributed by atoms with E-state index in [4.69, 9.17) is 9.26 Å². The van der Waals surface area contributed by atoms with Crippen molar-refractivity contribution >= 4 is 9.47 Å². The maximum atomic E-state index is 5.05. The second-order valence-corrected chi connectivity index (χ2v) is 2.31. The Hall–Kier alpha value is -0.490. The summed E-state index contributed by atoms with van der Waals surface area (Å²) in [6, 6.07) is 0. The standard InChI is InChI=1S/C7H11O2P/c1-8-6-3-2-4-7(5-6)9-10/h4-5H,2-3,10H2,1H3. The van der Waals surface area contributed by atoms with Crippen LogP contribution in [0.3, 0.4) is 0 Å². The summed E-state index contributed by atoms with van der Waals surface area (Å²) >= 11 is 0. The van der Waals surface area contributed by atoms with Crippen LogP contribution in [0.4, 0.5) is 0 Å². The van der Waals surface area contributed by atoms with E-state index in [9.17, 15) is 0 Å². The molecule has 0 spiro atoms. The average molecular weight is 158 g/mol. The van der Waals surface area contributed by atoms with Gasteiger partial charge in [0.25, 0.3) is 0 Å². The van der Waals surface area contributed by atoms with Crippen LogP contribution >= 0.6 is 9.47 Å². The summed E-state index contributed by atoms with van der Waals surface area (Å²) in [5.41, 5.74) is 0. The molecule has 0 bridgehead atoms. The number of allylic oxidation sites excluding steroid dienone is 3. The molecular weight excluding hydrogens is 147 g/mol. The molecule has 0 aromatic rings. The van der Waals surface area contributed by atoms with Crippen LogP contribution in [0.1, 0.15) is 12.8 Å². The van der Waals surface area contributed by atoms with Crippen LogP contribution < -0.4 is 0 Å². The van der Waals surface area contributed by atoms with Crippen molar-refractivity contribution in [2.45, 2.75) is 12.8 Å². The molecule has 0 heterocycles. The highest BCUT2D eigenvalue weighted by atomic mass is 31.0. The smallest absolute Gasteiger partial charge is 0.121 e. The predicted molar refractivity (Wildman–Crippen MR) is 43.2 cm³/mol. The van der Waals surface area contributed by atoms with Crippen molar-refractivity contribution in [2.24, 2.45) is 0 Å². The van der Waals surface area contributed by atoms with Crippen LogP contribution in [-0.4, -0.2) is 7.11 Å². The predicted octanol–water partition coefficient (Wildman–Crippen LogP) is 2.00. The molecule has 1 unspecified atom stereocenters. The zero-order valence-electron chi connectivity index (χ0n) is 5.96. The molecule has 0 radical (unpaired) electrons. The zero-order chi connectivity index (χ0) is 7.40. The summed E-state index contributed by atoms with van der Waals surface area (Å²) in [5.74, 6) is 1.85. The zero-order valence-corrected chi connectivity index (χ0v) is 7.12. The van der Waals surface area contributed by atoms with Crippen LogP contribution in [-0.2, 0) is 9.26 Å². The molecule has 0 aliphatic heterocycles. The highest BCUT2D eigenvalue weighted by Gasteiger charge is 2.03. The first-order valence-electron chi connectivity index (χ1n) is 3.18. The van der Waals surface area contributed by atoms with E-state index in [-0.39, 0.29) is 0 Å². The molecule has 0 N–H and O–H groups in total. The van der Waals surface area contributed by atoms with Crippen molar-refractivity contribution < 1.29 is 9.26 Å². The maximum Gasteiger partial charge on any atom is 0.121 e. The summed E-state index contributed by atoms with van der Waals surface area (Å²) in [6.07, 6.45) is 5.92. The topological polar surface area (TPSA) is 18.5 Å². The Bertz CT molecular complexity index is 172. The number of methoxy groups -OCH3 is 1. The van der Waals surface area contributed by atoms with Crippen molar-refractivity contribution in [2.75, 3.05) is 7.11 Å². The summed E-state index contributed by atoms with van der Waals surface area (Å²) in [6.45, 7) is 0. The summed E-state index contributed by atoms with van der Waals surface area (Å²) in [4.78, 5) is 0. The van der Waals surface area contributed by atoms with Crippen LogP contribution in [0.25, 0.3) is 0 Å². The molecule has 1 aliphatic rings. The lowest BCUT2D eigenvalue weighted by Gasteiger charge is -2.10. The lowest BCUT2D eigenvalue weighted by atomic mass is 10.1. The number of hydrogen-bond acceptors (Lipinski definition) is 2. The maximum absolute atomic E-state index is 5.05. The minimum atomic E-state index is 0.869. The molecule has 1 atom stereocenters. The molecule has 56 valence electrons. The van der Waals surface area contributed by atoms with Gasteiger partial charge < -0.3 is 9.26 Å². The van der Waals surface area contributed by atoms with E-state index in [1.165, 1.54) is 0 Å². The van der Waals surface area contributed by atoms with E-state index in [2.05, 4.69) is 9.47 Å². The molecular formula is C7H11O2P. The van der Waals surface area contributed by atoms with Crippen LogP contribution in [0, 0.1) is 0 Å². The lowest BCUT2D eigenvalue weighted by Crippen LogP contribution is -1.93. The molecule has 3 heteroatoms. The van der Waals surface area contributed by atoms with Crippen molar-refractivity contribution in [1.82, 2.24) is 0 Å². The quantitative estimate of drug-likeness (QED) is 0.572. The molecule has 1 rings (SSSR count). The fourth-order valence-electron chi connectivity index (χ4n) is 0.890. The Balaban J connectivity index is 2.61. The van der Waals surface area contributed by atoms with Gasteiger partial charge in [-0.3, -0.25) is 0 Å². The Labute approximate surface area is 63.2 Å². The third-order valence-electron chi connectivity index (χ3n) is 1.44. The van der Waals surface area contributed by atoms with E-state index in [1.807, 2.05) is 12.2 Å². The van der Waals surface area contributed by atoms with Gasteiger partial charge in [0.1, 0.15) is 5.76 Å². The first-order chi connectivity index (χ1) is 4.86. The molecule has 10 heavy (non-hydrogen) atoms. The van der Waals surface area contributed by atoms with Gasteiger partial charge in [-0.1, -0.05) is 0 Å². The second kappa shape index (κ2) is 3.62. The SMILES string of the molecule is COC1=CC(OP)=CCC1. The molecule has 1 aliphatic carbocycles. The number of rotatable bonds is 2. The summed E-state index contributed by atoms with van der Waals surface area (Å²) in [5, 5.41) is 0. The second-order valence-electron chi connectivity index (χ2n) is 2.08. The molecule has 0 aromatic carbocycles. The summed E-state index contributed by atoms with van der Waals surface area (Å²) < 4.78 is 10.00. The Morgan fingerprint density at radius 3 is 3.00 bits per heavy atom. The van der Waals surface area contributed by atoms with Gasteiger partial charge in [-0.25, -0.2) is 0 Å². The van der Waals surface area contributed by atoms with Gasteiger partial charge in [0.05, 0.1) is 22.3 Å². The Morgan fingerprint density at radius 2 is 2.40 bits per heavy atom. The molecule has 0 saturated carbocycles. The average Bonchev–Trinajstić information content (AvgIpc) is 2.05. The Morgan fingerprint density at radius 1 is 1.60 bits per heavy atom. The number of ether oxygens (including phenoxy) is 1. The van der Waals surface area contributed by atoms with E-state index in [0.29, 0.717) is 0 Å². The first kappa shape index (κ1) is 7.62. The lowest BCUT2D eigenvalue weighted by molar-refractivity contribution is 0.272. The van der Waals surface area contributed by atoms with E-state index < -0.39 is 0 Å². The van der Waals surface area contributed by atoms with Crippen molar-refractivity contribution in [1.29, 1.82) is 0 Å². The van der Waals surface area contributed by atoms with Crippen molar-refractivity contribution in [3.05, 3.63) is 23.7 Å². The van der Waals surface area contributed by atoms with Gasteiger partial charge in [-0.05, 0) is 12.5 Å². The highest BCUT2D eigenvalue weighted by molar-refractivity contribution is 7.10. The van der Waals surface area contributed by atoms with Gasteiger partial charge in [-0.2, -0.15) is 0 Å². The van der Waals surface area contributed by atoms with Gasteiger partial charge in [0.2, 0.25) is 0 Å². The Kier molecular flexibility index (Phi) is 2.76. The minimum absolute atomic E-state index is 0.869. The van der Waals surface area contributed by atoms with Gasteiger partial charge in [-0.15, -0.1) is 0 Å². The van der Waals surface area contributed by atoms with Crippen molar-refractivity contribution in [3.63, 3.8) is 0 Å². The van der Waals surface area contributed by atoms with Crippen LogP contribution in [0.2, 0.25) is 0 Å². The fourth-order valence-corrected chi connectivity index (χ4v) is 1.05. The highest BCUT2D eigenvalue weighted by Crippen LogP contribution is 2.19. The monoisotopic (exact) mass is 158 g/mol. The first-order valence-corrected chi connectivity index (χ1v) is 3.65. The number of hydrogen-bond donors (Lipinski definition) is 0. The molecule has 0 fully saturated rings. The minimum Gasteiger partial charge on any atom is -0.501 e. The van der Waals surface area contributed by atoms with E-state index in [0.717, 1.165) is 24.4 Å². The van der Waals surface area contributed by atoms with Crippen LogP contribution in [0.5, 0.6) is 0 Å². The third-order valence-corrected chi connectivity index (χ3v) is 1.71. The summed E-state index contributed by atoms with van der Waals surface area (Å²) in [7, 11) is 3.89. The molecule has 0 amide bonds. The van der Waals surface area contributed by atoms with Crippen LogP contribution in [0.15, 0.2) is 23.7 Å². The van der Waals surface area contributed by atoms with Gasteiger partial charge in [0, 0.05) is 12.5 Å². The van der Waals surface area contributed by atoms with Gasteiger partial charge in [0.15, 0.2) is 0 Å². The van der Waals surface area contributed by atoms with Gasteiger partial charge >= 0.3 is 0 Å². The van der Waals surface area contributed by atoms with E-state index >= 15 is 0 Å². The normalized spacial score (nSPS) is 17.4.